The highest BCUT2D eigenvalue weighted by Crippen LogP contribution is 2.37. The van der Waals surface area contributed by atoms with Crippen molar-refractivity contribution in [1.82, 2.24) is 14.6 Å². The number of anilines is 1. The van der Waals surface area contributed by atoms with E-state index in [0.29, 0.717) is 56.6 Å². The molecular weight excluding hydrogens is 569 g/mol. The lowest BCUT2D eigenvalue weighted by Gasteiger charge is -2.31. The summed E-state index contributed by atoms with van der Waals surface area (Å²) in [5, 5.41) is 2.97. The number of hydrogen-bond donors (Lipinski definition) is 2. The molecule has 2 aliphatic rings. The van der Waals surface area contributed by atoms with Crippen LogP contribution in [0.5, 0.6) is 0 Å². The van der Waals surface area contributed by atoms with Crippen molar-refractivity contribution in [3.05, 3.63) is 40.2 Å². The molecule has 2 saturated heterocycles. The van der Waals surface area contributed by atoms with Gasteiger partial charge in [-0.25, -0.2) is 12.7 Å². The average Bonchev–Trinajstić information content (AvgIpc) is 3.31. The second kappa shape index (κ2) is 13.8. The molecule has 0 bridgehead atoms. The first-order chi connectivity index (χ1) is 19.9. The molecule has 2 N–H and O–H groups in total. The zero-order chi connectivity index (χ0) is 30.5. The highest BCUT2D eigenvalue weighted by molar-refractivity contribution is 7.89. The number of pyridine rings is 1. The van der Waals surface area contributed by atoms with Gasteiger partial charge < -0.3 is 15.2 Å². The smallest absolute Gasteiger partial charge is 0.366 e. The lowest BCUT2D eigenvalue weighted by atomic mass is 9.92. The van der Waals surface area contributed by atoms with E-state index in [1.54, 1.807) is 10.4 Å². The standard InChI is InChI=1S/C30H43F3N4O4S/c1-3-4-18-42(40,41)36-16-13-22(14-17-36)6-5-7-28(38)34-15-12-23-9-8-21(2)37(23)24-10-11-27-25(19-24)26(30(31,32)33)20-29(39)35-27/h10-11,19-23H,3-9,12-18H2,1-2H3,(H,34,38)(H,35,39)/t21-,23-/m1/s1. The van der Waals surface area contributed by atoms with E-state index in [2.05, 4.69) is 15.2 Å². The van der Waals surface area contributed by atoms with Gasteiger partial charge in [-0.15, -0.1) is 0 Å². The van der Waals surface area contributed by atoms with Crippen molar-refractivity contribution in [3.8, 4) is 0 Å². The maximum Gasteiger partial charge on any atom is 0.417 e. The molecule has 0 saturated carbocycles. The second-order valence-corrected chi connectivity index (χ2v) is 13.9. The number of benzene rings is 1. The van der Waals surface area contributed by atoms with Crippen molar-refractivity contribution in [2.24, 2.45) is 5.92 Å². The lowest BCUT2D eigenvalue weighted by molar-refractivity contribution is -0.136. The number of hydrogen-bond acceptors (Lipinski definition) is 5. The van der Waals surface area contributed by atoms with Gasteiger partial charge in [-0.05, 0) is 82.4 Å². The average molecular weight is 613 g/mol. The fourth-order valence-electron chi connectivity index (χ4n) is 6.41. The van der Waals surface area contributed by atoms with Crippen molar-refractivity contribution >= 4 is 32.5 Å². The van der Waals surface area contributed by atoms with Gasteiger partial charge >= 0.3 is 6.18 Å². The molecule has 2 atom stereocenters. The van der Waals surface area contributed by atoms with Crippen LogP contribution in [0.15, 0.2) is 29.1 Å². The number of amides is 1. The van der Waals surface area contributed by atoms with E-state index in [1.165, 1.54) is 12.1 Å². The fourth-order valence-corrected chi connectivity index (χ4v) is 8.09. The Hall–Kier alpha value is -2.60. The number of carbonyl (C=O) groups is 1. The second-order valence-electron chi connectivity index (χ2n) is 11.8. The molecule has 3 heterocycles. The number of piperidine rings is 1. The lowest BCUT2D eigenvalue weighted by Crippen LogP contribution is -2.39. The Balaban J connectivity index is 1.24. The summed E-state index contributed by atoms with van der Waals surface area (Å²) in [7, 11) is -3.16. The van der Waals surface area contributed by atoms with Crippen LogP contribution in [0.4, 0.5) is 18.9 Å². The zero-order valence-electron chi connectivity index (χ0n) is 24.5. The highest BCUT2D eigenvalue weighted by atomic mass is 32.2. The number of carbonyl (C=O) groups excluding carboxylic acids is 1. The van der Waals surface area contributed by atoms with E-state index < -0.39 is 27.3 Å². The number of rotatable bonds is 12. The predicted molar refractivity (Wildman–Crippen MR) is 159 cm³/mol. The van der Waals surface area contributed by atoms with Gasteiger partial charge in [0.1, 0.15) is 0 Å². The van der Waals surface area contributed by atoms with Crippen LogP contribution in [-0.4, -0.2) is 61.1 Å². The molecule has 8 nitrogen and oxygen atoms in total. The van der Waals surface area contributed by atoms with Crippen LogP contribution in [-0.2, 0) is 21.0 Å². The van der Waals surface area contributed by atoms with Crippen LogP contribution in [0, 0.1) is 5.92 Å². The van der Waals surface area contributed by atoms with Gasteiger partial charge in [0, 0.05) is 60.8 Å². The first kappa shape index (κ1) is 32.3. The molecule has 42 heavy (non-hydrogen) atoms. The van der Waals surface area contributed by atoms with Crippen LogP contribution in [0.25, 0.3) is 10.9 Å². The van der Waals surface area contributed by atoms with Crippen LogP contribution >= 0.6 is 0 Å². The van der Waals surface area contributed by atoms with E-state index >= 15 is 0 Å². The highest BCUT2D eigenvalue weighted by Gasteiger charge is 2.35. The number of alkyl halides is 3. The summed E-state index contributed by atoms with van der Waals surface area (Å²) in [6.45, 7) is 5.64. The van der Waals surface area contributed by atoms with E-state index in [-0.39, 0.29) is 34.6 Å². The molecule has 0 unspecified atom stereocenters. The molecule has 0 spiro atoms. The molecule has 0 radical (unpaired) electrons. The van der Waals surface area contributed by atoms with Gasteiger partial charge in [-0.2, -0.15) is 13.2 Å². The largest absolute Gasteiger partial charge is 0.417 e. The molecule has 0 aliphatic carbocycles. The first-order valence-electron chi connectivity index (χ1n) is 15.2. The van der Waals surface area contributed by atoms with Gasteiger partial charge in [0.2, 0.25) is 21.5 Å². The number of halogens is 3. The molecule has 2 aromatic rings. The quantitative estimate of drug-likeness (QED) is 0.333. The minimum absolute atomic E-state index is 0.0170. The number of unbranched alkanes of at least 4 members (excludes halogenated alkanes) is 1. The SMILES string of the molecule is CCCCS(=O)(=O)N1CCC(CCCC(=O)NCC[C@H]2CC[C@@H](C)N2c2ccc3[nH]c(=O)cc(C(F)(F)F)c3c2)CC1. The van der Waals surface area contributed by atoms with E-state index in [9.17, 15) is 31.2 Å². The molecule has 2 aliphatic heterocycles. The summed E-state index contributed by atoms with van der Waals surface area (Å²) in [4.78, 5) is 28.9. The van der Waals surface area contributed by atoms with E-state index in [1.807, 2.05) is 13.8 Å². The number of aromatic amines is 1. The van der Waals surface area contributed by atoms with Crippen molar-refractivity contribution in [1.29, 1.82) is 0 Å². The van der Waals surface area contributed by atoms with Crippen LogP contribution in [0.2, 0.25) is 0 Å². The number of nitrogens with zero attached hydrogens (tertiary/aromatic N) is 2. The van der Waals surface area contributed by atoms with Gasteiger partial charge in [0.05, 0.1) is 11.3 Å². The first-order valence-corrected chi connectivity index (χ1v) is 16.8. The normalized spacial score (nSPS) is 20.8. The molecule has 12 heteroatoms. The number of sulfonamides is 1. The van der Waals surface area contributed by atoms with Crippen LogP contribution < -0.4 is 15.8 Å². The predicted octanol–water partition coefficient (Wildman–Crippen LogP) is 5.42. The van der Waals surface area contributed by atoms with Crippen molar-refractivity contribution in [3.63, 3.8) is 0 Å². The maximum atomic E-state index is 13.7. The Morgan fingerprint density at radius 1 is 1.07 bits per heavy atom. The van der Waals surface area contributed by atoms with Gasteiger partial charge in [0.25, 0.3) is 0 Å². The van der Waals surface area contributed by atoms with Crippen molar-refractivity contribution < 1.29 is 26.4 Å². The fraction of sp³-hybridized carbons (Fsp3) is 0.667. The Kier molecular flexibility index (Phi) is 10.6. The molecule has 1 aromatic carbocycles. The Bertz CT molecular complexity index is 1390. The molecule has 2 fully saturated rings. The van der Waals surface area contributed by atoms with Gasteiger partial charge in [-0.3, -0.25) is 9.59 Å². The van der Waals surface area contributed by atoms with Crippen molar-refractivity contribution in [2.75, 3.05) is 30.3 Å². The summed E-state index contributed by atoms with van der Waals surface area (Å²) in [6, 6.07) is 5.60. The Morgan fingerprint density at radius 2 is 1.81 bits per heavy atom. The van der Waals surface area contributed by atoms with Gasteiger partial charge in [0.15, 0.2) is 0 Å². The third-order valence-corrected chi connectivity index (χ3v) is 10.7. The van der Waals surface area contributed by atoms with Crippen molar-refractivity contribution in [2.45, 2.75) is 96.3 Å². The molecule has 234 valence electrons. The Labute approximate surface area is 246 Å². The minimum atomic E-state index is -4.64. The third kappa shape index (κ3) is 8.06. The van der Waals surface area contributed by atoms with Crippen LogP contribution in [0.1, 0.15) is 83.6 Å². The van der Waals surface area contributed by atoms with E-state index in [4.69, 9.17) is 0 Å². The number of aromatic nitrogens is 1. The number of H-pyrrole nitrogens is 1. The van der Waals surface area contributed by atoms with Gasteiger partial charge in [-0.1, -0.05) is 13.3 Å². The maximum absolute atomic E-state index is 13.7. The topological polar surface area (TPSA) is 103 Å². The molecular formula is C30H43F3N4O4S. The van der Waals surface area contributed by atoms with Crippen LogP contribution in [0.3, 0.4) is 0 Å². The monoisotopic (exact) mass is 612 g/mol. The number of fused-ring (bicyclic) bond motifs is 1. The molecule has 1 amide bonds. The summed E-state index contributed by atoms with van der Waals surface area (Å²) in [5.74, 6) is 0.632. The zero-order valence-corrected chi connectivity index (χ0v) is 25.3. The molecule has 4 rings (SSSR count). The number of nitrogens with one attached hydrogen (secondary N) is 2. The minimum Gasteiger partial charge on any atom is -0.366 e. The summed E-state index contributed by atoms with van der Waals surface area (Å²) < 4.78 is 67.4. The Morgan fingerprint density at radius 3 is 2.50 bits per heavy atom. The van der Waals surface area contributed by atoms with E-state index in [0.717, 1.165) is 44.9 Å². The molecule has 1 aromatic heterocycles. The summed E-state index contributed by atoms with van der Waals surface area (Å²) in [6.07, 6.45) is 3.09. The summed E-state index contributed by atoms with van der Waals surface area (Å²) >= 11 is 0. The summed E-state index contributed by atoms with van der Waals surface area (Å²) in [5.41, 5.74) is -0.909. The third-order valence-electron chi connectivity index (χ3n) is 8.75.